The molecular formula is C21H23N3O5S. The molecule has 0 bridgehead atoms. The molecule has 9 heteroatoms. The minimum atomic E-state index is -1.25. The number of esters is 2. The number of hydrogen-bond donors (Lipinski definition) is 1. The lowest BCUT2D eigenvalue weighted by molar-refractivity contribution is -0.222. The molecule has 2 saturated heterocycles. The summed E-state index contributed by atoms with van der Waals surface area (Å²) in [5.74, 6) is -2.67. The van der Waals surface area contributed by atoms with Crippen molar-refractivity contribution in [1.29, 1.82) is 0 Å². The molecule has 0 radical (unpaired) electrons. The monoisotopic (exact) mass is 429 g/mol. The molecule has 158 valence electrons. The number of cyclic esters (lactones) is 2. The van der Waals surface area contributed by atoms with Gasteiger partial charge < -0.3 is 19.5 Å². The van der Waals surface area contributed by atoms with Crippen LogP contribution in [0.25, 0.3) is 10.6 Å². The smallest absolute Gasteiger partial charge is 0.350 e. The molecule has 0 aliphatic carbocycles. The summed E-state index contributed by atoms with van der Waals surface area (Å²) in [5.41, 5.74) is 2.61. The zero-order valence-corrected chi connectivity index (χ0v) is 17.7. The summed E-state index contributed by atoms with van der Waals surface area (Å²) in [4.78, 5) is 31.0. The fourth-order valence-electron chi connectivity index (χ4n) is 3.14. The van der Waals surface area contributed by atoms with Crippen molar-refractivity contribution in [2.75, 3.05) is 31.6 Å². The zero-order chi connectivity index (χ0) is 21.1. The van der Waals surface area contributed by atoms with E-state index < -0.39 is 17.7 Å². The summed E-state index contributed by atoms with van der Waals surface area (Å²) in [6, 6.07) is 7.61. The van der Waals surface area contributed by atoms with Gasteiger partial charge in [-0.05, 0) is 24.3 Å². The fraction of sp³-hybridized carbons (Fsp3) is 0.381. The maximum atomic E-state index is 12.0. The van der Waals surface area contributed by atoms with Crippen LogP contribution in [0.2, 0.25) is 0 Å². The van der Waals surface area contributed by atoms with Crippen molar-refractivity contribution in [2.24, 2.45) is 0 Å². The van der Waals surface area contributed by atoms with Crippen molar-refractivity contribution in [1.82, 2.24) is 9.88 Å². The van der Waals surface area contributed by atoms with Crippen molar-refractivity contribution < 1.29 is 23.8 Å². The van der Waals surface area contributed by atoms with E-state index in [1.54, 1.807) is 11.3 Å². The Morgan fingerprint density at radius 3 is 2.47 bits per heavy atom. The Balaban J connectivity index is 1.39. The van der Waals surface area contributed by atoms with Gasteiger partial charge in [-0.2, -0.15) is 0 Å². The summed E-state index contributed by atoms with van der Waals surface area (Å²) < 4.78 is 15.5. The lowest BCUT2D eigenvalue weighted by Crippen LogP contribution is -2.42. The topological polar surface area (TPSA) is 90.0 Å². The van der Waals surface area contributed by atoms with Gasteiger partial charge >= 0.3 is 11.9 Å². The second-order valence-electron chi connectivity index (χ2n) is 7.49. The van der Waals surface area contributed by atoms with Crippen LogP contribution in [0, 0.1) is 0 Å². The first kappa shape index (κ1) is 20.5. The normalized spacial score (nSPS) is 19.2. The molecular weight excluding hydrogens is 406 g/mol. The van der Waals surface area contributed by atoms with E-state index in [1.807, 2.05) is 24.3 Å². The van der Waals surface area contributed by atoms with Crippen LogP contribution >= 0.6 is 11.3 Å². The minimum absolute atomic E-state index is 0.175. The van der Waals surface area contributed by atoms with E-state index >= 15 is 0 Å². The van der Waals surface area contributed by atoms with Crippen LogP contribution in [0.4, 0.5) is 5.69 Å². The molecule has 0 atom stereocenters. The number of thiazole rings is 1. The van der Waals surface area contributed by atoms with Crippen molar-refractivity contribution in [3.8, 4) is 10.6 Å². The molecule has 1 aromatic heterocycles. The number of hydrogen-bond acceptors (Lipinski definition) is 9. The molecule has 2 fully saturated rings. The third kappa shape index (κ3) is 4.86. The van der Waals surface area contributed by atoms with Crippen LogP contribution in [0.1, 0.15) is 19.5 Å². The Kier molecular flexibility index (Phi) is 5.85. The molecule has 2 aliphatic heterocycles. The van der Waals surface area contributed by atoms with Crippen LogP contribution in [-0.2, 0) is 30.3 Å². The Morgan fingerprint density at radius 1 is 1.13 bits per heavy atom. The Bertz CT molecular complexity index is 939. The number of aromatic nitrogens is 1. The Morgan fingerprint density at radius 2 is 1.80 bits per heavy atom. The molecule has 3 heterocycles. The molecule has 2 aromatic rings. The average molecular weight is 429 g/mol. The molecule has 0 amide bonds. The second kappa shape index (κ2) is 8.55. The highest BCUT2D eigenvalue weighted by Gasteiger charge is 2.38. The predicted molar refractivity (Wildman–Crippen MR) is 112 cm³/mol. The van der Waals surface area contributed by atoms with Gasteiger partial charge in [-0.3, -0.25) is 4.90 Å². The maximum Gasteiger partial charge on any atom is 0.350 e. The summed E-state index contributed by atoms with van der Waals surface area (Å²) in [6.07, 6.45) is 1.30. The number of anilines is 1. The number of nitrogens with one attached hydrogen (secondary N) is 1. The van der Waals surface area contributed by atoms with E-state index in [9.17, 15) is 9.59 Å². The molecule has 0 spiro atoms. The van der Waals surface area contributed by atoms with Crippen LogP contribution in [0.15, 0.2) is 41.4 Å². The van der Waals surface area contributed by atoms with E-state index in [0.717, 1.165) is 54.8 Å². The van der Waals surface area contributed by atoms with E-state index in [0.29, 0.717) is 0 Å². The highest BCUT2D eigenvalue weighted by atomic mass is 32.1. The Labute approximate surface area is 178 Å². The van der Waals surface area contributed by atoms with Gasteiger partial charge in [0.15, 0.2) is 5.57 Å². The SMILES string of the molecule is CC1(C)OC(=O)C(=CNc2ccc(-c3nc(CN4CCOCC4)cs3)cc2)C(=O)O1. The van der Waals surface area contributed by atoms with Crippen molar-refractivity contribution in [3.63, 3.8) is 0 Å². The lowest BCUT2D eigenvalue weighted by atomic mass is 10.2. The third-order valence-electron chi connectivity index (χ3n) is 4.67. The number of ether oxygens (including phenoxy) is 3. The first-order valence-electron chi connectivity index (χ1n) is 9.68. The minimum Gasteiger partial charge on any atom is -0.419 e. The molecule has 30 heavy (non-hydrogen) atoms. The molecule has 8 nitrogen and oxygen atoms in total. The molecule has 1 aromatic carbocycles. The van der Waals surface area contributed by atoms with Gasteiger partial charge in [0, 0.05) is 56.3 Å². The Hall–Kier alpha value is -2.75. The van der Waals surface area contributed by atoms with Gasteiger partial charge in [0.25, 0.3) is 5.79 Å². The second-order valence-corrected chi connectivity index (χ2v) is 8.35. The third-order valence-corrected chi connectivity index (χ3v) is 5.61. The van der Waals surface area contributed by atoms with Gasteiger partial charge in [0.2, 0.25) is 0 Å². The van der Waals surface area contributed by atoms with Gasteiger partial charge in [-0.25, -0.2) is 14.6 Å². The number of carbonyl (C=O) groups excluding carboxylic acids is 2. The number of carbonyl (C=O) groups is 2. The van der Waals surface area contributed by atoms with E-state index in [-0.39, 0.29) is 5.57 Å². The molecule has 4 rings (SSSR count). The number of rotatable bonds is 5. The quantitative estimate of drug-likeness (QED) is 0.441. The van der Waals surface area contributed by atoms with Crippen LogP contribution in [-0.4, -0.2) is 53.9 Å². The average Bonchev–Trinajstić information content (AvgIpc) is 3.16. The first-order valence-corrected chi connectivity index (χ1v) is 10.6. The maximum absolute atomic E-state index is 12.0. The van der Waals surface area contributed by atoms with Crippen molar-refractivity contribution in [3.05, 3.63) is 47.1 Å². The van der Waals surface area contributed by atoms with E-state index in [2.05, 4.69) is 15.6 Å². The van der Waals surface area contributed by atoms with Crippen LogP contribution < -0.4 is 5.32 Å². The van der Waals surface area contributed by atoms with Gasteiger partial charge in [-0.1, -0.05) is 0 Å². The highest BCUT2D eigenvalue weighted by molar-refractivity contribution is 7.13. The summed E-state index contributed by atoms with van der Waals surface area (Å²) in [7, 11) is 0. The van der Waals surface area contributed by atoms with Crippen LogP contribution in [0.3, 0.4) is 0 Å². The van der Waals surface area contributed by atoms with Gasteiger partial charge in [0.1, 0.15) is 5.01 Å². The van der Waals surface area contributed by atoms with Gasteiger partial charge in [0.05, 0.1) is 18.9 Å². The molecule has 0 unspecified atom stereocenters. The largest absolute Gasteiger partial charge is 0.419 e. The number of morpholine rings is 1. The van der Waals surface area contributed by atoms with Gasteiger partial charge in [-0.15, -0.1) is 11.3 Å². The molecule has 1 N–H and O–H groups in total. The fourth-order valence-corrected chi connectivity index (χ4v) is 3.96. The van der Waals surface area contributed by atoms with E-state index in [1.165, 1.54) is 20.0 Å². The van der Waals surface area contributed by atoms with Crippen molar-refractivity contribution in [2.45, 2.75) is 26.2 Å². The van der Waals surface area contributed by atoms with Crippen molar-refractivity contribution >= 4 is 29.0 Å². The van der Waals surface area contributed by atoms with E-state index in [4.69, 9.17) is 19.2 Å². The number of benzene rings is 1. The molecule has 2 aliphatic rings. The summed E-state index contributed by atoms with van der Waals surface area (Å²) in [5, 5.41) is 5.98. The standard InChI is InChI=1S/C21H23N3O5S/c1-21(2)28-19(25)17(20(26)29-21)11-22-15-5-3-14(4-6-15)18-23-16(13-30-18)12-24-7-9-27-10-8-24/h3-6,11,13,22H,7-10,12H2,1-2H3. The highest BCUT2D eigenvalue weighted by Crippen LogP contribution is 2.26. The lowest BCUT2D eigenvalue weighted by Gasteiger charge is -2.29. The summed E-state index contributed by atoms with van der Waals surface area (Å²) >= 11 is 1.61. The molecule has 0 saturated carbocycles. The predicted octanol–water partition coefficient (Wildman–Crippen LogP) is 2.77. The zero-order valence-electron chi connectivity index (χ0n) is 16.8. The first-order chi connectivity index (χ1) is 14.4. The number of nitrogens with zero attached hydrogens (tertiary/aromatic N) is 2. The van der Waals surface area contributed by atoms with Crippen LogP contribution in [0.5, 0.6) is 0 Å². The summed E-state index contributed by atoms with van der Waals surface area (Å²) in [6.45, 7) is 7.26.